The van der Waals surface area contributed by atoms with Crippen molar-refractivity contribution >= 4 is 0 Å². The van der Waals surface area contributed by atoms with Crippen molar-refractivity contribution in [3.63, 3.8) is 0 Å². The molecule has 1 aliphatic heterocycles. The Morgan fingerprint density at radius 3 is 2.65 bits per heavy atom. The number of rotatable bonds is 3. The van der Waals surface area contributed by atoms with E-state index >= 15 is 0 Å². The van der Waals surface area contributed by atoms with Crippen molar-refractivity contribution in [2.24, 2.45) is 0 Å². The van der Waals surface area contributed by atoms with Crippen LogP contribution in [0, 0.1) is 18.3 Å². The summed E-state index contributed by atoms with van der Waals surface area (Å²) >= 11 is 0. The van der Waals surface area contributed by atoms with Crippen LogP contribution in [0.5, 0.6) is 0 Å². The average molecular weight is 307 g/mol. The summed E-state index contributed by atoms with van der Waals surface area (Å²) in [5, 5.41) is 9.38. The van der Waals surface area contributed by atoms with E-state index < -0.39 is 0 Å². The van der Waals surface area contributed by atoms with Gasteiger partial charge < -0.3 is 4.98 Å². The molecule has 1 aromatic heterocycles. The molecule has 0 atom stereocenters. The van der Waals surface area contributed by atoms with Crippen LogP contribution < -0.4 is 5.56 Å². The molecule has 0 saturated carbocycles. The van der Waals surface area contributed by atoms with Gasteiger partial charge in [0.2, 0.25) is 0 Å². The molecular formula is C19H21N3O. The zero-order valence-electron chi connectivity index (χ0n) is 13.4. The molecule has 1 aliphatic rings. The summed E-state index contributed by atoms with van der Waals surface area (Å²) in [7, 11) is 0. The molecule has 1 fully saturated rings. The van der Waals surface area contributed by atoms with Gasteiger partial charge in [0.05, 0.1) is 0 Å². The molecule has 1 saturated heterocycles. The number of hydrogen-bond donors (Lipinski definition) is 1. The van der Waals surface area contributed by atoms with Crippen molar-refractivity contribution in [2.45, 2.75) is 32.7 Å². The summed E-state index contributed by atoms with van der Waals surface area (Å²) in [6.45, 7) is 4.95. The molecule has 0 aliphatic carbocycles. The average Bonchev–Trinajstić information content (AvgIpc) is 2.56. The largest absolute Gasteiger partial charge is 0.325 e. The lowest BCUT2D eigenvalue weighted by atomic mass is 9.95. The number of nitrogens with one attached hydrogen (secondary N) is 1. The van der Waals surface area contributed by atoms with Gasteiger partial charge in [0.15, 0.2) is 0 Å². The molecule has 118 valence electrons. The molecule has 3 rings (SSSR count). The fourth-order valence-electron chi connectivity index (χ4n) is 3.29. The van der Waals surface area contributed by atoms with Crippen LogP contribution in [0.4, 0.5) is 0 Å². The maximum Gasteiger partial charge on any atom is 0.266 e. The fourth-order valence-corrected chi connectivity index (χ4v) is 3.29. The SMILES string of the molecule is Cc1cc(-c2ccccc2CN2CCCCC2)c(C#N)c(=O)[nH]1. The summed E-state index contributed by atoms with van der Waals surface area (Å²) in [6, 6.07) is 12.1. The minimum Gasteiger partial charge on any atom is -0.325 e. The van der Waals surface area contributed by atoms with Crippen molar-refractivity contribution < 1.29 is 0 Å². The molecular weight excluding hydrogens is 286 g/mol. The highest BCUT2D eigenvalue weighted by Crippen LogP contribution is 2.27. The standard InChI is InChI=1S/C19H21N3O/c1-14-11-17(18(12-20)19(23)21-14)16-8-4-3-7-15(16)13-22-9-5-2-6-10-22/h3-4,7-8,11H,2,5-6,9-10,13H2,1H3,(H,21,23). The molecule has 4 nitrogen and oxygen atoms in total. The van der Waals surface area contributed by atoms with Crippen molar-refractivity contribution in [3.8, 4) is 17.2 Å². The number of benzene rings is 1. The molecule has 0 radical (unpaired) electrons. The normalized spacial score (nSPS) is 15.3. The Hall–Kier alpha value is -2.38. The number of aryl methyl sites for hydroxylation is 1. The number of pyridine rings is 1. The van der Waals surface area contributed by atoms with E-state index in [9.17, 15) is 10.1 Å². The zero-order chi connectivity index (χ0) is 16.2. The quantitative estimate of drug-likeness (QED) is 0.947. The molecule has 0 bridgehead atoms. The van der Waals surface area contributed by atoms with E-state index in [2.05, 4.69) is 22.0 Å². The van der Waals surface area contributed by atoms with E-state index in [0.29, 0.717) is 0 Å². The van der Waals surface area contributed by atoms with Crippen molar-refractivity contribution in [1.82, 2.24) is 9.88 Å². The van der Waals surface area contributed by atoms with E-state index in [-0.39, 0.29) is 11.1 Å². The Morgan fingerprint density at radius 2 is 1.91 bits per heavy atom. The van der Waals surface area contributed by atoms with E-state index in [1.807, 2.05) is 31.2 Å². The third kappa shape index (κ3) is 3.35. The molecule has 1 N–H and O–H groups in total. The summed E-state index contributed by atoms with van der Waals surface area (Å²) in [6.07, 6.45) is 3.80. The topological polar surface area (TPSA) is 59.9 Å². The van der Waals surface area contributed by atoms with Crippen LogP contribution in [0.2, 0.25) is 0 Å². The summed E-state index contributed by atoms with van der Waals surface area (Å²) < 4.78 is 0. The first-order valence-corrected chi connectivity index (χ1v) is 8.13. The van der Waals surface area contributed by atoms with Gasteiger partial charge in [-0.15, -0.1) is 0 Å². The van der Waals surface area contributed by atoms with Crippen LogP contribution >= 0.6 is 0 Å². The highest BCUT2D eigenvalue weighted by molar-refractivity contribution is 5.73. The van der Waals surface area contributed by atoms with E-state index in [4.69, 9.17) is 0 Å². The Morgan fingerprint density at radius 1 is 1.17 bits per heavy atom. The van der Waals surface area contributed by atoms with Crippen molar-refractivity contribution in [2.75, 3.05) is 13.1 Å². The lowest BCUT2D eigenvalue weighted by molar-refractivity contribution is 0.221. The van der Waals surface area contributed by atoms with E-state index in [0.717, 1.165) is 36.5 Å². The van der Waals surface area contributed by atoms with Gasteiger partial charge in [-0.25, -0.2) is 0 Å². The number of aromatic amines is 1. The number of piperidine rings is 1. The number of H-pyrrole nitrogens is 1. The third-order valence-electron chi connectivity index (χ3n) is 4.43. The Balaban J connectivity index is 2.04. The van der Waals surface area contributed by atoms with Gasteiger partial charge in [-0.2, -0.15) is 5.26 Å². The third-order valence-corrected chi connectivity index (χ3v) is 4.43. The van der Waals surface area contributed by atoms with Crippen molar-refractivity contribution in [3.05, 3.63) is 57.5 Å². The second-order valence-corrected chi connectivity index (χ2v) is 6.18. The van der Waals surface area contributed by atoms with Crippen LogP contribution in [0.1, 0.15) is 36.1 Å². The van der Waals surface area contributed by atoms with Gasteiger partial charge >= 0.3 is 0 Å². The summed E-state index contributed by atoms with van der Waals surface area (Å²) in [5.41, 5.74) is 3.56. The number of nitriles is 1. The van der Waals surface area contributed by atoms with Gasteiger partial charge in [0, 0.05) is 17.8 Å². The lowest BCUT2D eigenvalue weighted by Gasteiger charge is -2.27. The van der Waals surface area contributed by atoms with Crippen LogP contribution in [0.15, 0.2) is 35.1 Å². The maximum atomic E-state index is 12.1. The first-order valence-electron chi connectivity index (χ1n) is 8.13. The molecule has 1 aromatic carbocycles. The van der Waals surface area contributed by atoms with E-state index in [1.54, 1.807) is 0 Å². The fraction of sp³-hybridized carbons (Fsp3) is 0.368. The van der Waals surface area contributed by atoms with Gasteiger partial charge in [0.25, 0.3) is 5.56 Å². The predicted octanol–water partition coefficient (Wildman–Crippen LogP) is 3.21. The van der Waals surface area contributed by atoms with Gasteiger partial charge in [-0.05, 0) is 50.0 Å². The molecule has 0 spiro atoms. The number of likely N-dealkylation sites (tertiary alicyclic amines) is 1. The highest BCUT2D eigenvalue weighted by atomic mass is 16.1. The minimum atomic E-state index is -0.310. The lowest BCUT2D eigenvalue weighted by Crippen LogP contribution is -2.29. The zero-order valence-corrected chi connectivity index (χ0v) is 13.4. The van der Waals surface area contributed by atoms with Crippen LogP contribution in [-0.4, -0.2) is 23.0 Å². The molecule has 0 unspecified atom stereocenters. The number of hydrogen-bond acceptors (Lipinski definition) is 3. The predicted molar refractivity (Wildman–Crippen MR) is 91.1 cm³/mol. The smallest absolute Gasteiger partial charge is 0.266 e. The second kappa shape index (κ2) is 6.80. The highest BCUT2D eigenvalue weighted by Gasteiger charge is 2.16. The number of nitrogens with zero attached hydrogens (tertiary/aromatic N) is 2. The van der Waals surface area contributed by atoms with Gasteiger partial charge in [-0.3, -0.25) is 9.69 Å². The minimum absolute atomic E-state index is 0.196. The number of aromatic nitrogens is 1. The summed E-state index contributed by atoms with van der Waals surface area (Å²) in [4.78, 5) is 17.2. The Bertz CT molecular complexity index is 795. The first-order chi connectivity index (χ1) is 11.2. The summed E-state index contributed by atoms with van der Waals surface area (Å²) in [5.74, 6) is 0. The maximum absolute atomic E-state index is 12.1. The van der Waals surface area contributed by atoms with Crippen LogP contribution in [0.3, 0.4) is 0 Å². The first kappa shape index (κ1) is 15.5. The Kier molecular flexibility index (Phi) is 4.59. The monoisotopic (exact) mass is 307 g/mol. The van der Waals surface area contributed by atoms with E-state index in [1.165, 1.54) is 24.8 Å². The van der Waals surface area contributed by atoms with Crippen LogP contribution in [0.25, 0.3) is 11.1 Å². The Labute approximate surface area is 136 Å². The van der Waals surface area contributed by atoms with Gasteiger partial charge in [-0.1, -0.05) is 30.7 Å². The van der Waals surface area contributed by atoms with Crippen LogP contribution in [-0.2, 0) is 6.54 Å². The molecule has 2 heterocycles. The molecule has 4 heteroatoms. The van der Waals surface area contributed by atoms with Crippen molar-refractivity contribution in [1.29, 1.82) is 5.26 Å². The molecule has 2 aromatic rings. The molecule has 23 heavy (non-hydrogen) atoms. The van der Waals surface area contributed by atoms with Gasteiger partial charge in [0.1, 0.15) is 11.6 Å². The second-order valence-electron chi connectivity index (χ2n) is 6.18. The molecule has 0 amide bonds.